The lowest BCUT2D eigenvalue weighted by molar-refractivity contribution is -0.138. The van der Waals surface area contributed by atoms with E-state index in [4.69, 9.17) is 9.68 Å². The monoisotopic (exact) mass is 268 g/mol. The number of nitrogens with zero attached hydrogens (tertiary/aromatic N) is 2. The van der Waals surface area contributed by atoms with Crippen LogP contribution in [0.2, 0.25) is 0 Å². The molecule has 1 heterocycles. The van der Waals surface area contributed by atoms with Gasteiger partial charge in [-0.15, -0.1) is 0 Å². The molecule has 0 bridgehead atoms. The Hall–Kier alpha value is -2.49. The molecule has 0 unspecified atom stereocenters. The van der Waals surface area contributed by atoms with Crippen LogP contribution in [0.15, 0.2) is 22.8 Å². The Morgan fingerprint density at radius 2 is 2.05 bits per heavy atom. The highest BCUT2D eigenvalue weighted by Crippen LogP contribution is 2.41. The predicted molar refractivity (Wildman–Crippen MR) is 58.1 cm³/mol. The van der Waals surface area contributed by atoms with Gasteiger partial charge in [-0.1, -0.05) is 0 Å². The van der Waals surface area contributed by atoms with Crippen LogP contribution in [0.1, 0.15) is 16.8 Å². The number of halogens is 3. The molecule has 0 spiro atoms. The first kappa shape index (κ1) is 13.0. The molecule has 0 aliphatic rings. The van der Waals surface area contributed by atoms with Gasteiger partial charge in [-0.25, -0.2) is 4.98 Å². The van der Waals surface area contributed by atoms with Crippen LogP contribution in [0.25, 0.3) is 11.5 Å². The second-order valence-corrected chi connectivity index (χ2v) is 3.82. The van der Waals surface area contributed by atoms with Crippen LogP contribution in [0.3, 0.4) is 0 Å². The Kier molecular flexibility index (Phi) is 2.94. The summed E-state index contributed by atoms with van der Waals surface area (Å²) in [5, 5.41) is 18.4. The van der Waals surface area contributed by atoms with Gasteiger partial charge in [-0.05, 0) is 19.1 Å². The maximum absolute atomic E-state index is 12.7. The Balaban J connectivity index is 2.71. The standard InChI is InChI=1S/C12H7F3N2O2/c1-6-5-19-11(17-6)8-2-7(4-16)3-9(10(8)18)12(13,14)15/h2-3,5,18H,1H3. The summed E-state index contributed by atoms with van der Waals surface area (Å²) in [7, 11) is 0. The number of alkyl halides is 3. The van der Waals surface area contributed by atoms with Crippen LogP contribution in [0.5, 0.6) is 5.75 Å². The first-order valence-corrected chi connectivity index (χ1v) is 5.09. The molecule has 0 amide bonds. The molecule has 4 nitrogen and oxygen atoms in total. The van der Waals surface area contributed by atoms with Gasteiger partial charge in [-0.3, -0.25) is 0 Å². The summed E-state index contributed by atoms with van der Waals surface area (Å²) in [6.45, 7) is 1.59. The van der Waals surface area contributed by atoms with E-state index in [1.807, 2.05) is 0 Å². The first-order valence-electron chi connectivity index (χ1n) is 5.09. The van der Waals surface area contributed by atoms with E-state index >= 15 is 0 Å². The summed E-state index contributed by atoms with van der Waals surface area (Å²) in [4.78, 5) is 3.84. The fraction of sp³-hybridized carbons (Fsp3) is 0.167. The van der Waals surface area contributed by atoms with Gasteiger partial charge in [0.25, 0.3) is 0 Å². The topological polar surface area (TPSA) is 70.0 Å². The van der Waals surface area contributed by atoms with Crippen LogP contribution < -0.4 is 0 Å². The molecular formula is C12H7F3N2O2. The minimum atomic E-state index is -4.77. The SMILES string of the molecule is Cc1coc(-c2cc(C#N)cc(C(F)(F)F)c2O)n1. The van der Waals surface area contributed by atoms with E-state index < -0.39 is 17.5 Å². The van der Waals surface area contributed by atoms with Crippen LogP contribution in [0.4, 0.5) is 13.2 Å². The van der Waals surface area contributed by atoms with Crippen molar-refractivity contribution in [3.8, 4) is 23.3 Å². The van der Waals surface area contributed by atoms with E-state index in [2.05, 4.69) is 4.98 Å². The lowest BCUT2D eigenvalue weighted by atomic mass is 10.0. The van der Waals surface area contributed by atoms with Crippen LogP contribution in [-0.4, -0.2) is 10.1 Å². The maximum Gasteiger partial charge on any atom is 0.420 e. The predicted octanol–water partition coefficient (Wildman–Crippen LogP) is 3.25. The number of aromatic nitrogens is 1. The Morgan fingerprint density at radius 1 is 1.37 bits per heavy atom. The van der Waals surface area contributed by atoms with Gasteiger partial charge in [0.15, 0.2) is 0 Å². The van der Waals surface area contributed by atoms with Gasteiger partial charge in [0.2, 0.25) is 5.89 Å². The lowest BCUT2D eigenvalue weighted by Crippen LogP contribution is -2.06. The number of aryl methyl sites for hydroxylation is 1. The molecule has 0 saturated heterocycles. The van der Waals surface area contributed by atoms with E-state index in [1.165, 1.54) is 6.26 Å². The number of rotatable bonds is 1. The summed E-state index contributed by atoms with van der Waals surface area (Å²) in [5.74, 6) is -1.18. The summed E-state index contributed by atoms with van der Waals surface area (Å²) < 4.78 is 43.2. The van der Waals surface area contributed by atoms with Gasteiger partial charge in [0.1, 0.15) is 12.0 Å². The van der Waals surface area contributed by atoms with Crippen molar-refractivity contribution in [3.05, 3.63) is 35.2 Å². The molecule has 0 atom stereocenters. The molecule has 98 valence electrons. The van der Waals surface area contributed by atoms with E-state index in [-0.39, 0.29) is 17.0 Å². The maximum atomic E-state index is 12.7. The molecule has 1 N–H and O–H groups in total. The third-order valence-electron chi connectivity index (χ3n) is 2.39. The highest BCUT2D eigenvalue weighted by atomic mass is 19.4. The molecule has 2 aromatic rings. The smallest absolute Gasteiger partial charge is 0.420 e. The number of oxazole rings is 1. The zero-order valence-electron chi connectivity index (χ0n) is 9.62. The van der Waals surface area contributed by atoms with Crippen molar-refractivity contribution in [2.75, 3.05) is 0 Å². The first-order chi connectivity index (χ1) is 8.82. The zero-order valence-corrected chi connectivity index (χ0v) is 9.62. The largest absolute Gasteiger partial charge is 0.506 e. The molecule has 0 aliphatic heterocycles. The van der Waals surface area contributed by atoms with Gasteiger partial charge in [0, 0.05) is 0 Å². The Bertz CT molecular complexity index is 669. The van der Waals surface area contributed by atoms with E-state index in [0.29, 0.717) is 11.8 Å². The molecule has 1 aromatic carbocycles. The van der Waals surface area contributed by atoms with Crippen molar-refractivity contribution < 1.29 is 22.7 Å². The number of hydrogen-bond donors (Lipinski definition) is 1. The Morgan fingerprint density at radius 3 is 2.53 bits per heavy atom. The highest BCUT2D eigenvalue weighted by molar-refractivity contribution is 5.68. The van der Waals surface area contributed by atoms with E-state index in [0.717, 1.165) is 6.07 Å². The fourth-order valence-electron chi connectivity index (χ4n) is 1.56. The highest BCUT2D eigenvalue weighted by Gasteiger charge is 2.36. The Labute approximate surface area is 105 Å². The minimum Gasteiger partial charge on any atom is -0.506 e. The van der Waals surface area contributed by atoms with E-state index in [9.17, 15) is 18.3 Å². The molecule has 0 radical (unpaired) electrons. The fourth-order valence-corrected chi connectivity index (χ4v) is 1.56. The average Bonchev–Trinajstić information content (AvgIpc) is 2.74. The quantitative estimate of drug-likeness (QED) is 0.861. The van der Waals surface area contributed by atoms with Crippen molar-refractivity contribution in [2.24, 2.45) is 0 Å². The van der Waals surface area contributed by atoms with E-state index in [1.54, 1.807) is 13.0 Å². The molecule has 19 heavy (non-hydrogen) atoms. The van der Waals surface area contributed by atoms with Crippen LogP contribution >= 0.6 is 0 Å². The lowest BCUT2D eigenvalue weighted by Gasteiger charge is -2.11. The van der Waals surface area contributed by atoms with Crippen LogP contribution in [-0.2, 0) is 6.18 Å². The second kappa shape index (κ2) is 4.31. The van der Waals surface area contributed by atoms with Crippen molar-refractivity contribution in [1.29, 1.82) is 5.26 Å². The van der Waals surface area contributed by atoms with Gasteiger partial charge < -0.3 is 9.52 Å². The van der Waals surface area contributed by atoms with Gasteiger partial charge >= 0.3 is 6.18 Å². The third kappa shape index (κ3) is 2.38. The number of nitriles is 1. The average molecular weight is 268 g/mol. The molecule has 2 rings (SSSR count). The van der Waals surface area contributed by atoms with Crippen LogP contribution in [0, 0.1) is 18.3 Å². The molecule has 1 aromatic heterocycles. The zero-order chi connectivity index (χ0) is 14.2. The number of benzene rings is 1. The summed E-state index contributed by atoms with van der Waals surface area (Å²) >= 11 is 0. The molecule has 0 saturated carbocycles. The summed E-state index contributed by atoms with van der Waals surface area (Å²) in [6.07, 6.45) is -3.53. The molecule has 7 heteroatoms. The molecule has 0 fully saturated rings. The molecular weight excluding hydrogens is 261 g/mol. The van der Waals surface area contributed by atoms with Gasteiger partial charge in [-0.2, -0.15) is 18.4 Å². The van der Waals surface area contributed by atoms with Crippen molar-refractivity contribution in [2.45, 2.75) is 13.1 Å². The number of phenolic OH excluding ortho intramolecular Hbond substituents is 1. The third-order valence-corrected chi connectivity index (χ3v) is 2.39. The van der Waals surface area contributed by atoms with Crippen molar-refractivity contribution in [1.82, 2.24) is 4.98 Å². The van der Waals surface area contributed by atoms with Crippen molar-refractivity contribution >= 4 is 0 Å². The number of aromatic hydroxyl groups is 1. The minimum absolute atomic E-state index is 0.169. The normalized spacial score (nSPS) is 11.3. The summed E-state index contributed by atoms with van der Waals surface area (Å²) in [5.41, 5.74) is -1.35. The number of phenols is 1. The second-order valence-electron chi connectivity index (χ2n) is 3.82. The molecule has 0 aliphatic carbocycles. The number of hydrogen-bond acceptors (Lipinski definition) is 4. The van der Waals surface area contributed by atoms with Gasteiger partial charge in [0.05, 0.1) is 28.5 Å². The van der Waals surface area contributed by atoms with Crippen molar-refractivity contribution in [3.63, 3.8) is 0 Å². The summed E-state index contributed by atoms with van der Waals surface area (Å²) in [6, 6.07) is 3.27.